The lowest BCUT2D eigenvalue weighted by molar-refractivity contribution is -0.332. The minimum absolute atomic E-state index is 0.0101. The Kier molecular flexibility index (Phi) is 32.6. The number of carbonyl (C=O) groups excluding carboxylic acids is 4. The van der Waals surface area contributed by atoms with Crippen LogP contribution in [0.2, 0.25) is 0 Å². The van der Waals surface area contributed by atoms with Crippen LogP contribution in [0.25, 0.3) is 21.7 Å². The average Bonchev–Trinajstić information content (AvgIpc) is 1.47. The van der Waals surface area contributed by atoms with Gasteiger partial charge in [0, 0.05) is 132 Å². The van der Waals surface area contributed by atoms with Crippen LogP contribution in [0.3, 0.4) is 0 Å². The minimum Gasteiger partial charge on any atom is -0.507 e. The number of carboxylic acids is 1. The lowest BCUT2D eigenvalue weighted by atomic mass is 9.78. The number of carbonyl (C=O) groups is 5. The molecule has 1 unspecified atom stereocenters. The van der Waals surface area contributed by atoms with E-state index in [9.17, 15) is 105 Å². The third-order valence-electron chi connectivity index (χ3n) is 24.6. The number of aliphatic hydroxyl groups excluding tert-OH is 10. The maximum atomic E-state index is 15.0. The zero-order valence-electron chi connectivity index (χ0n) is 71.7. The van der Waals surface area contributed by atoms with Gasteiger partial charge in [0.15, 0.2) is 29.9 Å². The monoisotopic (exact) mass is 1770 g/mol. The smallest absolute Gasteiger partial charge is 0.341 e. The number of carboxylic acid groups (broad SMARTS) is 1. The molecule has 4 aromatic rings. The highest BCUT2D eigenvalue weighted by atomic mass is 19.1. The van der Waals surface area contributed by atoms with Crippen molar-refractivity contribution < 1.29 is 142 Å². The normalized spacial score (nSPS) is 34.4. The zero-order valence-corrected chi connectivity index (χ0v) is 71.7. The van der Waals surface area contributed by atoms with E-state index in [0.717, 1.165) is 32.2 Å². The van der Waals surface area contributed by atoms with Crippen LogP contribution in [0.4, 0.5) is 15.8 Å². The number of hydrogen-bond donors (Lipinski definition) is 20. The van der Waals surface area contributed by atoms with Crippen LogP contribution in [0, 0.1) is 36.4 Å². The number of halogens is 1. The number of nitrogens with one attached hydrogen (secondary N) is 2. The fourth-order valence-electron chi connectivity index (χ4n) is 16.7. The number of esters is 1. The molecule has 1 aromatic heterocycles. The van der Waals surface area contributed by atoms with Crippen molar-refractivity contribution in [2.24, 2.45) is 51.7 Å². The highest BCUT2D eigenvalue weighted by Gasteiger charge is 2.55. The van der Waals surface area contributed by atoms with Gasteiger partial charge in [-0.1, -0.05) is 45.9 Å². The van der Waals surface area contributed by atoms with Crippen molar-refractivity contribution in [3.05, 3.63) is 86.7 Å². The van der Waals surface area contributed by atoms with E-state index in [-0.39, 0.29) is 94.0 Å². The Balaban J connectivity index is 0.000000212. The van der Waals surface area contributed by atoms with Crippen molar-refractivity contribution in [1.82, 2.24) is 24.7 Å². The van der Waals surface area contributed by atoms with Crippen molar-refractivity contribution in [2.45, 2.75) is 209 Å². The van der Waals surface area contributed by atoms with E-state index < -0.39 is 216 Å². The maximum absolute atomic E-state index is 15.0. The molecule has 0 spiro atoms. The summed E-state index contributed by atoms with van der Waals surface area (Å²) in [6, 6.07) is -2.46. The van der Waals surface area contributed by atoms with Crippen LogP contribution in [-0.2, 0) is 47.5 Å². The van der Waals surface area contributed by atoms with Crippen LogP contribution in [-0.4, -0.2) is 355 Å². The average molecular weight is 1770 g/mol. The molecule has 9 heterocycles. The van der Waals surface area contributed by atoms with Crippen LogP contribution >= 0.6 is 0 Å². The molecule has 3 aromatic carbocycles. The fourth-order valence-corrected chi connectivity index (χ4v) is 16.7. The van der Waals surface area contributed by atoms with Crippen LogP contribution < -0.4 is 53.4 Å². The molecule has 5 bridgehead atoms. The van der Waals surface area contributed by atoms with Gasteiger partial charge in [-0.15, -0.1) is 0 Å². The summed E-state index contributed by atoms with van der Waals surface area (Å²) in [5.41, 5.74) is 22.5. The number of aromatic carboxylic acids is 1. The zero-order chi connectivity index (χ0) is 92.1. The first-order chi connectivity index (χ1) is 59.0. The summed E-state index contributed by atoms with van der Waals surface area (Å²) in [5, 5.41) is 161. The van der Waals surface area contributed by atoms with E-state index in [1.165, 1.54) is 65.6 Å². The number of fused-ring (bicyclic) bond motifs is 14. The number of Topliss-reactive ketones (excluding diaryl/α,β-unsaturated/α-hetero) is 1. The van der Waals surface area contributed by atoms with Gasteiger partial charge in [-0.25, -0.2) is 9.18 Å². The lowest BCUT2D eigenvalue weighted by Crippen LogP contribution is -2.69. The number of ketones is 1. The van der Waals surface area contributed by atoms with Gasteiger partial charge in [0.25, 0.3) is 11.7 Å². The number of nitrogens with two attached hydrogens (primary N) is 4. The number of benzene rings is 3. The molecule has 41 nitrogen and oxygen atoms in total. The van der Waals surface area contributed by atoms with E-state index in [2.05, 4.69) is 25.5 Å². The number of likely N-dealkylation sites (N-methyl/N-ethyl adjacent to an activating group) is 2. The summed E-state index contributed by atoms with van der Waals surface area (Å²) < 4.78 is 68.7. The predicted molar refractivity (Wildman–Crippen MR) is 447 cm³/mol. The van der Waals surface area contributed by atoms with E-state index in [0.29, 0.717) is 43.1 Å². The molecule has 2 amide bonds. The molecule has 4 saturated heterocycles. The highest BCUT2D eigenvalue weighted by molar-refractivity contribution is 6.24. The number of hydrazone groups is 1. The molecule has 42 heteroatoms. The molecule has 5 fully saturated rings. The molecule has 24 N–H and O–H groups in total. The number of hydrogen-bond acceptors (Lipinski definition) is 37. The second-order valence-electron chi connectivity index (χ2n) is 33.4. The van der Waals surface area contributed by atoms with E-state index >= 15 is 0 Å². The Labute approximate surface area is 719 Å². The Bertz CT molecular complexity index is 4720. The molecule has 9 aliphatic rings. The molecular weight excluding hydrogens is 1650 g/mol. The summed E-state index contributed by atoms with van der Waals surface area (Å²) in [6.45, 7) is 19.3. The highest BCUT2D eigenvalue weighted by Crippen LogP contribution is 2.55. The van der Waals surface area contributed by atoms with Gasteiger partial charge in [0.2, 0.25) is 11.3 Å². The van der Waals surface area contributed by atoms with E-state index in [1.807, 2.05) is 25.9 Å². The third-order valence-corrected chi connectivity index (χ3v) is 24.6. The molecule has 1 aliphatic carbocycles. The number of anilines is 2. The molecule has 125 heavy (non-hydrogen) atoms. The number of phenolic OH excluding ortho intramolecular Hbond substituents is 3. The lowest BCUT2D eigenvalue weighted by Gasteiger charge is -2.49. The number of nitrogens with zero attached hydrogens (tertiary/aromatic N) is 6. The van der Waals surface area contributed by atoms with Crippen LogP contribution in [0.1, 0.15) is 106 Å². The van der Waals surface area contributed by atoms with Gasteiger partial charge < -0.3 is 167 Å². The van der Waals surface area contributed by atoms with Gasteiger partial charge >= 0.3 is 17.7 Å². The standard InChI is InChI=1S/C43H58N4O12.C22H43N5O13.C18H20FN3O4/c1-21-12-11-13-22(2)42(55)45-33-28(20-44-47-17-15-46(9)16-18-47)37(52)30-31(38(33)53)36(51)26(6)40-32(30)41(54)43(8,59-40)57-19-14-29(56-10)23(3)39(58-27(7)48)25(5)35(50)24(4)34(21)49;23-2-1-8(29)20(36)27-7-3-6(25)18(39-22-16(34)15(33)13(31)9(4-24)37-22)17(35)19(7)40-21-14(32)11(26)12(30)10(5-28)38-21;1-10-9-26-17-14-11(16(23)12(18(24)25)8-22(10)14)7-13(19)15(17)21-5-3-20(2)4-6-21/h11-14,19-21,23-25,29,34-35,39,49-53H,15-18H2,1-10H3,(H,45,55);6-19,21-22,28-35H,1-5,23-26H2,(H,27,36);7-8,10H,3-6,9H2,1-2H3,(H,24,25)/b12-11+,19-14+,22-13-,44-20-;;/t21-,23+,24+,25+,29-,34-,35+,39+,43-;6-,7+,8-,9+,10+,11-,12+,13+,14+,15-,16+,17-,18+,19-,21+,22+;/m00./s1. The maximum Gasteiger partial charge on any atom is 0.341 e. The predicted octanol–water partition coefficient (Wildman–Crippen LogP) is -2.54. The quantitative estimate of drug-likeness (QED) is 0.0238. The van der Waals surface area contributed by atoms with Crippen molar-refractivity contribution >= 4 is 68.8 Å². The van der Waals surface area contributed by atoms with E-state index in [1.54, 1.807) is 49.4 Å². The van der Waals surface area contributed by atoms with Gasteiger partial charge in [-0.2, -0.15) is 5.10 Å². The first kappa shape index (κ1) is 98.2. The number of pyridine rings is 1. The fraction of sp³-hybridized carbons (Fsp3) is 0.627. The van der Waals surface area contributed by atoms with Gasteiger partial charge in [-0.3, -0.25) is 29.0 Å². The molecule has 26 atom stereocenters. The van der Waals surface area contributed by atoms with Crippen LogP contribution in [0.5, 0.6) is 28.7 Å². The Morgan fingerprint density at radius 2 is 1.40 bits per heavy atom. The van der Waals surface area contributed by atoms with Crippen LogP contribution in [0.15, 0.2) is 58.3 Å². The van der Waals surface area contributed by atoms with Crippen molar-refractivity contribution in [3.63, 3.8) is 0 Å². The van der Waals surface area contributed by atoms with Gasteiger partial charge in [-0.05, 0) is 66.4 Å². The third kappa shape index (κ3) is 20.8. The first-order valence-electron chi connectivity index (χ1n) is 41.4. The summed E-state index contributed by atoms with van der Waals surface area (Å²) in [6.07, 6.45) is -13.6. The number of piperazine rings is 2. The van der Waals surface area contributed by atoms with Crippen molar-refractivity contribution in [2.75, 3.05) is 110 Å². The molecule has 13 rings (SSSR count). The number of aromatic hydroxyl groups is 3. The summed E-state index contributed by atoms with van der Waals surface area (Å²) in [5.74, 6) is -10.7. The van der Waals surface area contributed by atoms with Crippen molar-refractivity contribution in [1.29, 1.82) is 0 Å². The second kappa shape index (κ2) is 41.4. The number of ether oxygens (including phenoxy) is 9. The topological polar surface area (TPSA) is 627 Å². The second-order valence-corrected chi connectivity index (χ2v) is 33.4. The molecule has 694 valence electrons. The van der Waals surface area contributed by atoms with Crippen molar-refractivity contribution in [3.8, 4) is 28.7 Å². The molecule has 0 radical (unpaired) electrons. The molecule has 1 saturated carbocycles. The number of aromatic nitrogens is 1. The minimum atomic E-state index is -2.04. The number of rotatable bonds is 16. The number of allylic oxidation sites excluding steroid dienone is 2. The first-order valence-corrected chi connectivity index (χ1v) is 41.4. The SMILES string of the molecule is CC1COc2c(N3CCN(C)CC3)c(F)cc3c(=O)c(C(=O)O)cn1c23.CO[C@H]1/C=C/O[C@@]2(C)Oc3c(C)c(O)c4c(O)c(c(/C=N\N5CCN(C)CC5)c(O)c4c3C2=O)NC(=O)/C(C)=C\C=C\[C@H](C)[C@H](O)[C@@H](C)[C@@H](O)[C@@H](C)[C@H](OC(C)=O)[C@@H]1C.NCC[C@H](O)C(=O)N[C@@H]1C[C@H](N)[C@@H](O[C@H]2O[C@H](CN)[C@@H](O)[C@H](O)[C@H]2O)[C@H](O)[C@H]1O[C@H]1O[C@H](CO)[C@@H](O)[C@H](N)[C@H]1O. The Morgan fingerprint density at radius 3 is 2.02 bits per heavy atom. The largest absolute Gasteiger partial charge is 0.507 e. The summed E-state index contributed by atoms with van der Waals surface area (Å²) in [7, 11) is 5.44. The Morgan fingerprint density at radius 1 is 0.768 bits per heavy atom. The summed E-state index contributed by atoms with van der Waals surface area (Å²) >= 11 is 0. The molecular formula is C83H121FN12O29. The Hall–Kier alpha value is -8.94. The molecule has 8 aliphatic heterocycles. The summed E-state index contributed by atoms with van der Waals surface area (Å²) in [4.78, 5) is 83.3. The van der Waals surface area contributed by atoms with Gasteiger partial charge in [0.05, 0.1) is 88.6 Å². The van der Waals surface area contributed by atoms with E-state index in [4.69, 9.17) is 65.6 Å². The number of methoxy groups -OCH3 is 1. The number of phenols is 3. The number of aliphatic hydroxyl groups is 10. The number of amides is 2. The van der Waals surface area contributed by atoms with Gasteiger partial charge in [0.1, 0.15) is 108 Å².